The van der Waals surface area contributed by atoms with Crippen LogP contribution in [0.25, 0.3) is 0 Å². The van der Waals surface area contributed by atoms with Crippen molar-refractivity contribution in [1.82, 2.24) is 13.9 Å². The van der Waals surface area contributed by atoms with E-state index in [2.05, 4.69) is 5.32 Å². The summed E-state index contributed by atoms with van der Waals surface area (Å²) in [7, 11) is -0.230. The van der Waals surface area contributed by atoms with Crippen molar-refractivity contribution in [3.05, 3.63) is 0 Å². The summed E-state index contributed by atoms with van der Waals surface area (Å²) in [5.74, 6) is -0.297. The van der Waals surface area contributed by atoms with Crippen LogP contribution in [-0.4, -0.2) is 122 Å². The van der Waals surface area contributed by atoms with Crippen molar-refractivity contribution in [1.29, 1.82) is 0 Å². The van der Waals surface area contributed by atoms with Gasteiger partial charge in [-0.1, -0.05) is 0 Å². The number of nitrogens with one attached hydrogen (secondary N) is 1. The molecular weight excluding hydrogens is 530 g/mol. The minimum atomic E-state index is -3.49. The van der Waals surface area contributed by atoms with Gasteiger partial charge >= 0.3 is 11.9 Å². The lowest BCUT2D eigenvalue weighted by molar-refractivity contribution is -0.159. The molecule has 0 aromatic carbocycles. The van der Waals surface area contributed by atoms with Crippen molar-refractivity contribution in [3.8, 4) is 0 Å². The van der Waals surface area contributed by atoms with Crippen molar-refractivity contribution in [3.63, 3.8) is 0 Å². The first-order valence-electron chi connectivity index (χ1n) is 14.1. The number of ether oxygens (including phenoxy) is 5. The molecule has 0 bridgehead atoms. The van der Waals surface area contributed by atoms with Crippen LogP contribution in [-0.2, 0) is 43.5 Å². The van der Waals surface area contributed by atoms with Crippen molar-refractivity contribution in [2.24, 2.45) is 10.8 Å². The highest BCUT2D eigenvalue weighted by atomic mass is 32.2. The van der Waals surface area contributed by atoms with E-state index in [0.29, 0.717) is 85.1 Å². The van der Waals surface area contributed by atoms with Crippen molar-refractivity contribution < 1.29 is 41.7 Å². The zero-order valence-corrected chi connectivity index (χ0v) is 25.0. The second kappa shape index (κ2) is 16.8. The van der Waals surface area contributed by atoms with Gasteiger partial charge in [-0.25, -0.2) is 0 Å². The second-order valence-electron chi connectivity index (χ2n) is 10.2. The molecule has 0 atom stereocenters. The molecule has 3 aliphatic heterocycles. The summed E-state index contributed by atoms with van der Waals surface area (Å²) in [6.07, 6.45) is 3.94. The molecule has 3 aliphatic rings. The van der Waals surface area contributed by atoms with Gasteiger partial charge in [-0.05, 0) is 65.5 Å². The Morgan fingerprint density at radius 2 is 1.21 bits per heavy atom. The monoisotopic (exact) mass is 579 g/mol. The summed E-state index contributed by atoms with van der Waals surface area (Å²) < 4.78 is 54.2. The standard InChI is InChI=1S/C15H28N2O6S.C11H21NO3/c1-3-23-14(18)15(6-11-21-2)4-7-16(8-5-15)24(19,20)17-9-12-22-13-10-17;1-3-15-10(13)11(6-9-14-2)4-7-12-8-5-11/h3-13H2,1-2H3;12H,3-9H2,1-2H3. The van der Waals surface area contributed by atoms with Gasteiger partial charge in [-0.2, -0.15) is 17.0 Å². The number of nitrogens with zero attached hydrogens (tertiary/aromatic N) is 2. The first-order chi connectivity index (χ1) is 18.7. The summed E-state index contributed by atoms with van der Waals surface area (Å²) in [6.45, 7) is 9.52. The molecule has 39 heavy (non-hydrogen) atoms. The summed E-state index contributed by atoms with van der Waals surface area (Å²) in [4.78, 5) is 24.3. The van der Waals surface area contributed by atoms with Gasteiger partial charge in [0.2, 0.25) is 0 Å². The topological polar surface area (TPSA) is 133 Å². The van der Waals surface area contributed by atoms with Gasteiger partial charge in [0, 0.05) is 53.6 Å². The number of carbonyl (C=O) groups is 2. The molecule has 0 unspecified atom stereocenters. The van der Waals surface area contributed by atoms with E-state index in [9.17, 15) is 18.0 Å². The van der Waals surface area contributed by atoms with E-state index in [1.807, 2.05) is 6.92 Å². The molecule has 0 aromatic heterocycles. The number of hydrogen-bond donors (Lipinski definition) is 1. The molecule has 0 aliphatic carbocycles. The molecule has 0 saturated carbocycles. The molecule has 228 valence electrons. The van der Waals surface area contributed by atoms with Crippen LogP contribution in [0.3, 0.4) is 0 Å². The Hall–Kier alpha value is -1.35. The van der Waals surface area contributed by atoms with Gasteiger partial charge in [-0.15, -0.1) is 0 Å². The van der Waals surface area contributed by atoms with Gasteiger partial charge in [0.25, 0.3) is 10.2 Å². The minimum absolute atomic E-state index is 0.0523. The van der Waals surface area contributed by atoms with E-state index in [1.54, 1.807) is 21.1 Å². The van der Waals surface area contributed by atoms with Gasteiger partial charge in [0.15, 0.2) is 0 Å². The highest BCUT2D eigenvalue weighted by molar-refractivity contribution is 7.86. The van der Waals surface area contributed by atoms with Gasteiger partial charge < -0.3 is 29.0 Å². The smallest absolute Gasteiger partial charge is 0.312 e. The predicted octanol–water partition coefficient (Wildman–Crippen LogP) is 1.20. The summed E-state index contributed by atoms with van der Waals surface area (Å²) in [6, 6.07) is 0. The lowest BCUT2D eigenvalue weighted by Crippen LogP contribution is -2.53. The third-order valence-corrected chi connectivity index (χ3v) is 9.88. The Morgan fingerprint density at radius 3 is 1.64 bits per heavy atom. The van der Waals surface area contributed by atoms with Crippen LogP contribution in [0.5, 0.6) is 0 Å². The van der Waals surface area contributed by atoms with E-state index >= 15 is 0 Å². The van der Waals surface area contributed by atoms with Crippen molar-refractivity contribution >= 4 is 22.1 Å². The summed E-state index contributed by atoms with van der Waals surface area (Å²) in [5, 5.41) is 3.26. The molecule has 12 nitrogen and oxygen atoms in total. The van der Waals surface area contributed by atoms with E-state index in [0.717, 1.165) is 32.4 Å². The Morgan fingerprint density at radius 1 is 0.769 bits per heavy atom. The molecule has 0 amide bonds. The van der Waals surface area contributed by atoms with Crippen LogP contribution in [0.4, 0.5) is 0 Å². The molecule has 0 radical (unpaired) electrons. The maximum Gasteiger partial charge on any atom is 0.312 e. The number of rotatable bonds is 12. The first kappa shape index (κ1) is 33.9. The molecule has 0 spiro atoms. The molecule has 3 saturated heterocycles. The van der Waals surface area contributed by atoms with Crippen LogP contribution < -0.4 is 5.32 Å². The maximum atomic E-state index is 12.7. The van der Waals surface area contributed by atoms with Crippen molar-refractivity contribution in [2.45, 2.75) is 52.4 Å². The lowest BCUT2D eigenvalue weighted by atomic mass is 9.76. The van der Waals surface area contributed by atoms with E-state index in [4.69, 9.17) is 23.7 Å². The van der Waals surface area contributed by atoms with Crippen LogP contribution in [0.15, 0.2) is 0 Å². The summed E-state index contributed by atoms with van der Waals surface area (Å²) >= 11 is 0. The van der Waals surface area contributed by atoms with E-state index in [1.165, 1.54) is 8.61 Å². The fourth-order valence-electron chi connectivity index (χ4n) is 5.27. The van der Waals surface area contributed by atoms with Gasteiger partial charge in [0.1, 0.15) is 0 Å². The zero-order chi connectivity index (χ0) is 28.8. The van der Waals surface area contributed by atoms with Gasteiger partial charge in [-0.3, -0.25) is 9.59 Å². The lowest BCUT2D eigenvalue weighted by Gasteiger charge is -2.41. The van der Waals surface area contributed by atoms with Gasteiger partial charge in [0.05, 0.1) is 37.3 Å². The predicted molar refractivity (Wildman–Crippen MR) is 145 cm³/mol. The third-order valence-electron chi connectivity index (χ3n) is 7.85. The van der Waals surface area contributed by atoms with Crippen LogP contribution in [0.2, 0.25) is 0 Å². The zero-order valence-electron chi connectivity index (χ0n) is 24.2. The highest BCUT2D eigenvalue weighted by Crippen LogP contribution is 2.38. The van der Waals surface area contributed by atoms with E-state index in [-0.39, 0.29) is 17.4 Å². The highest BCUT2D eigenvalue weighted by Gasteiger charge is 2.45. The molecule has 0 aromatic rings. The SMILES string of the molecule is CCOC(=O)C1(CCOC)CCN(S(=O)(=O)N2CCOCC2)CC1.CCOC(=O)C1(CCOC)CCNCC1. The number of carbonyl (C=O) groups excluding carboxylic acids is 2. The van der Waals surface area contributed by atoms with Crippen LogP contribution in [0.1, 0.15) is 52.4 Å². The molecule has 3 fully saturated rings. The third kappa shape index (κ3) is 9.34. The molecule has 1 N–H and O–H groups in total. The number of esters is 2. The first-order valence-corrected chi connectivity index (χ1v) is 15.5. The Labute approximate surface area is 234 Å². The minimum Gasteiger partial charge on any atom is -0.466 e. The van der Waals surface area contributed by atoms with E-state index < -0.39 is 15.6 Å². The number of hydrogen-bond acceptors (Lipinski definition) is 10. The molecular formula is C26H49N3O9S. The van der Waals surface area contributed by atoms with Crippen molar-refractivity contribution in [2.75, 3.05) is 93.1 Å². The summed E-state index contributed by atoms with van der Waals surface area (Å²) in [5.41, 5.74) is -0.958. The fraction of sp³-hybridized carbons (Fsp3) is 0.923. The number of piperidine rings is 2. The second-order valence-corrected chi connectivity index (χ2v) is 12.1. The molecule has 3 heterocycles. The molecule has 13 heteroatoms. The normalized spacial score (nSPS) is 21.8. The number of methoxy groups -OCH3 is 2. The van der Waals surface area contributed by atoms with Crippen LogP contribution >= 0.6 is 0 Å². The Balaban J connectivity index is 0.000000306. The Kier molecular flexibility index (Phi) is 14.6. The quantitative estimate of drug-likeness (QED) is 0.336. The largest absolute Gasteiger partial charge is 0.466 e. The molecule has 3 rings (SSSR count). The maximum absolute atomic E-state index is 12.7. The average Bonchev–Trinajstić information content (AvgIpc) is 2.96. The van der Waals surface area contributed by atoms with Crippen LogP contribution in [0, 0.1) is 10.8 Å². The number of morpholine rings is 1. The Bertz CT molecular complexity index is 836. The average molecular weight is 580 g/mol. The fourth-order valence-corrected chi connectivity index (χ4v) is 6.85.